The monoisotopic (exact) mass is 225 g/mol. The lowest BCUT2D eigenvalue weighted by atomic mass is 9.90. The topological polar surface area (TPSA) is 29.0 Å². The highest BCUT2D eigenvalue weighted by molar-refractivity contribution is 6.30. The number of halogens is 1. The maximum absolute atomic E-state index is 6.00. The first-order valence-electron chi connectivity index (χ1n) is 5.20. The van der Waals surface area contributed by atoms with Gasteiger partial charge in [0.1, 0.15) is 0 Å². The molecule has 0 spiro atoms. The van der Waals surface area contributed by atoms with Crippen LogP contribution in [0.25, 0.3) is 0 Å². The number of rotatable bonds is 1. The summed E-state index contributed by atoms with van der Waals surface area (Å²) < 4.78 is 0. The summed E-state index contributed by atoms with van der Waals surface area (Å²) in [6, 6.07) is 0. The van der Waals surface area contributed by atoms with Crippen LogP contribution >= 0.6 is 11.6 Å². The van der Waals surface area contributed by atoms with Gasteiger partial charge in [-0.05, 0) is 20.8 Å². The van der Waals surface area contributed by atoms with Crippen molar-refractivity contribution in [2.45, 2.75) is 32.2 Å². The number of hydrogen-bond donors (Lipinski definition) is 0. The fourth-order valence-corrected chi connectivity index (χ4v) is 2.06. The molecular weight excluding hydrogens is 210 g/mol. The molecule has 0 N–H and O–H groups in total. The van der Waals surface area contributed by atoms with Crippen LogP contribution in [-0.2, 0) is 0 Å². The Hall–Kier alpha value is -0.670. The normalized spacial score (nSPS) is 18.9. The fraction of sp³-hybridized carbons (Fsp3) is 0.636. The highest BCUT2D eigenvalue weighted by Crippen LogP contribution is 2.33. The number of aromatic nitrogens is 2. The summed E-state index contributed by atoms with van der Waals surface area (Å²) >= 11 is 6.00. The van der Waals surface area contributed by atoms with Gasteiger partial charge in [-0.25, -0.2) is 4.98 Å². The van der Waals surface area contributed by atoms with E-state index in [1.807, 2.05) is 0 Å². The SMILES string of the molecule is CC(C)(C)N1CC(c2nccnc2Cl)C1. The Labute approximate surface area is 95.5 Å². The number of likely N-dealkylation sites (tertiary alicyclic amines) is 1. The smallest absolute Gasteiger partial charge is 0.150 e. The van der Waals surface area contributed by atoms with Crippen LogP contribution in [0.5, 0.6) is 0 Å². The minimum absolute atomic E-state index is 0.241. The van der Waals surface area contributed by atoms with Crippen LogP contribution < -0.4 is 0 Å². The van der Waals surface area contributed by atoms with Crippen molar-refractivity contribution in [3.8, 4) is 0 Å². The van der Waals surface area contributed by atoms with Crippen LogP contribution in [0.2, 0.25) is 5.15 Å². The summed E-state index contributed by atoms with van der Waals surface area (Å²) in [6.45, 7) is 8.73. The highest BCUT2D eigenvalue weighted by Gasteiger charge is 2.36. The van der Waals surface area contributed by atoms with Crippen molar-refractivity contribution in [2.75, 3.05) is 13.1 Å². The zero-order valence-electron chi connectivity index (χ0n) is 9.37. The average molecular weight is 226 g/mol. The summed E-state index contributed by atoms with van der Waals surface area (Å²) in [5, 5.41) is 0.552. The van der Waals surface area contributed by atoms with E-state index in [1.165, 1.54) is 0 Å². The van der Waals surface area contributed by atoms with Gasteiger partial charge in [0.15, 0.2) is 5.15 Å². The Balaban J connectivity index is 2.04. The summed E-state index contributed by atoms with van der Waals surface area (Å²) in [4.78, 5) is 10.8. The van der Waals surface area contributed by atoms with E-state index < -0.39 is 0 Å². The third kappa shape index (κ3) is 2.13. The predicted octanol–water partition coefficient (Wildman–Crippen LogP) is 2.33. The standard InChI is InChI=1S/C11H16ClN3/c1-11(2,3)15-6-8(7-15)9-10(12)14-5-4-13-9/h4-5,8H,6-7H2,1-3H3. The molecule has 1 fully saturated rings. The maximum atomic E-state index is 6.00. The quantitative estimate of drug-likeness (QED) is 0.735. The zero-order chi connectivity index (χ0) is 11.1. The summed E-state index contributed by atoms with van der Waals surface area (Å²) in [5.74, 6) is 0.449. The first kappa shape index (κ1) is 10.8. The molecule has 4 heteroatoms. The molecule has 1 aromatic heterocycles. The van der Waals surface area contributed by atoms with Gasteiger partial charge in [-0.2, -0.15) is 0 Å². The van der Waals surface area contributed by atoms with E-state index in [0.29, 0.717) is 11.1 Å². The Bertz CT molecular complexity index is 353. The van der Waals surface area contributed by atoms with E-state index in [1.54, 1.807) is 12.4 Å². The molecule has 1 saturated heterocycles. The third-order valence-corrected chi connectivity index (χ3v) is 3.19. The van der Waals surface area contributed by atoms with E-state index in [4.69, 9.17) is 11.6 Å². The maximum Gasteiger partial charge on any atom is 0.150 e. The molecule has 0 aliphatic carbocycles. The molecule has 0 radical (unpaired) electrons. The largest absolute Gasteiger partial charge is 0.297 e. The Morgan fingerprint density at radius 3 is 2.40 bits per heavy atom. The molecule has 2 rings (SSSR count). The molecule has 0 bridgehead atoms. The van der Waals surface area contributed by atoms with Crippen molar-refractivity contribution in [1.29, 1.82) is 0 Å². The number of hydrogen-bond acceptors (Lipinski definition) is 3. The van der Waals surface area contributed by atoms with E-state index in [9.17, 15) is 0 Å². The minimum Gasteiger partial charge on any atom is -0.297 e. The molecule has 0 atom stereocenters. The van der Waals surface area contributed by atoms with E-state index in [2.05, 4.69) is 35.6 Å². The first-order chi connectivity index (χ1) is 6.98. The zero-order valence-corrected chi connectivity index (χ0v) is 10.1. The summed E-state index contributed by atoms with van der Waals surface area (Å²) in [6.07, 6.45) is 3.34. The Morgan fingerprint density at radius 1 is 1.27 bits per heavy atom. The van der Waals surface area contributed by atoms with Gasteiger partial charge in [0.2, 0.25) is 0 Å². The van der Waals surface area contributed by atoms with Crippen molar-refractivity contribution in [2.24, 2.45) is 0 Å². The third-order valence-electron chi connectivity index (χ3n) is 2.90. The second kappa shape index (κ2) is 3.72. The van der Waals surface area contributed by atoms with Gasteiger partial charge in [-0.3, -0.25) is 9.88 Å². The lowest BCUT2D eigenvalue weighted by Crippen LogP contribution is -2.54. The second-order valence-electron chi connectivity index (χ2n) is 5.01. The van der Waals surface area contributed by atoms with Gasteiger partial charge in [0, 0.05) is 36.9 Å². The fourth-order valence-electron chi connectivity index (χ4n) is 1.80. The highest BCUT2D eigenvalue weighted by atomic mass is 35.5. The van der Waals surface area contributed by atoms with Crippen molar-refractivity contribution in [3.63, 3.8) is 0 Å². The lowest BCUT2D eigenvalue weighted by molar-refractivity contribution is 0.0455. The van der Waals surface area contributed by atoms with Crippen molar-refractivity contribution >= 4 is 11.6 Å². The van der Waals surface area contributed by atoms with Crippen LogP contribution in [-0.4, -0.2) is 33.5 Å². The van der Waals surface area contributed by atoms with Crippen molar-refractivity contribution in [1.82, 2.24) is 14.9 Å². The van der Waals surface area contributed by atoms with Crippen molar-refractivity contribution < 1.29 is 0 Å². The molecular formula is C11H16ClN3. The lowest BCUT2D eigenvalue weighted by Gasteiger charge is -2.47. The molecule has 1 aliphatic rings. The van der Waals surface area contributed by atoms with E-state index >= 15 is 0 Å². The van der Waals surface area contributed by atoms with Gasteiger partial charge < -0.3 is 0 Å². The van der Waals surface area contributed by atoms with Gasteiger partial charge in [-0.15, -0.1) is 0 Å². The van der Waals surface area contributed by atoms with E-state index in [0.717, 1.165) is 18.8 Å². The molecule has 15 heavy (non-hydrogen) atoms. The number of nitrogens with zero attached hydrogens (tertiary/aromatic N) is 3. The molecule has 0 amide bonds. The van der Waals surface area contributed by atoms with Crippen LogP contribution in [0.15, 0.2) is 12.4 Å². The average Bonchev–Trinajstić information content (AvgIpc) is 2.03. The van der Waals surface area contributed by atoms with Gasteiger partial charge >= 0.3 is 0 Å². The molecule has 3 nitrogen and oxygen atoms in total. The molecule has 0 aromatic carbocycles. The molecule has 0 saturated carbocycles. The molecule has 82 valence electrons. The summed E-state index contributed by atoms with van der Waals surface area (Å²) in [7, 11) is 0. The Kier molecular flexibility index (Phi) is 2.69. The molecule has 1 aliphatic heterocycles. The van der Waals surface area contributed by atoms with Crippen LogP contribution in [0.1, 0.15) is 32.4 Å². The van der Waals surface area contributed by atoms with Gasteiger partial charge in [-0.1, -0.05) is 11.6 Å². The van der Waals surface area contributed by atoms with Gasteiger partial charge in [0.05, 0.1) is 5.69 Å². The van der Waals surface area contributed by atoms with Gasteiger partial charge in [0.25, 0.3) is 0 Å². The molecule has 1 aromatic rings. The predicted molar refractivity (Wildman–Crippen MR) is 61.1 cm³/mol. The van der Waals surface area contributed by atoms with Crippen LogP contribution in [0.3, 0.4) is 0 Å². The molecule has 0 unspecified atom stereocenters. The van der Waals surface area contributed by atoms with E-state index in [-0.39, 0.29) is 5.54 Å². The Morgan fingerprint density at radius 2 is 1.87 bits per heavy atom. The second-order valence-corrected chi connectivity index (χ2v) is 5.36. The van der Waals surface area contributed by atoms with Crippen molar-refractivity contribution in [3.05, 3.63) is 23.2 Å². The first-order valence-corrected chi connectivity index (χ1v) is 5.58. The van der Waals surface area contributed by atoms with Crippen LogP contribution in [0, 0.1) is 0 Å². The molecule has 2 heterocycles. The minimum atomic E-state index is 0.241. The summed E-state index contributed by atoms with van der Waals surface area (Å²) in [5.41, 5.74) is 1.19. The van der Waals surface area contributed by atoms with Crippen LogP contribution in [0.4, 0.5) is 0 Å².